The molecular formula is C13H19P. The van der Waals surface area contributed by atoms with Crippen LogP contribution < -0.4 is 5.30 Å². The molecule has 0 spiro atoms. The van der Waals surface area contributed by atoms with Crippen LogP contribution in [0, 0.1) is 20.8 Å². The summed E-state index contributed by atoms with van der Waals surface area (Å²) in [4.78, 5) is 0. The molecule has 1 fully saturated rings. The van der Waals surface area contributed by atoms with Crippen LogP contribution in [0.15, 0.2) is 12.1 Å². The molecule has 0 aliphatic carbocycles. The number of aryl methyl sites for hydroxylation is 3. The molecule has 76 valence electrons. The molecule has 1 saturated heterocycles. The summed E-state index contributed by atoms with van der Waals surface area (Å²) in [7, 11) is 0.178. The van der Waals surface area contributed by atoms with Crippen molar-refractivity contribution in [2.45, 2.75) is 45.9 Å². The maximum atomic E-state index is 2.40. The average molecular weight is 206 g/mol. The van der Waals surface area contributed by atoms with Gasteiger partial charge in [0.2, 0.25) is 0 Å². The smallest absolute Gasteiger partial charge is 0.0126 e. The van der Waals surface area contributed by atoms with Gasteiger partial charge < -0.3 is 0 Å². The van der Waals surface area contributed by atoms with E-state index >= 15 is 0 Å². The standard InChI is InChI=1S/C13H19P/c1-8-6-9(2)13(10(3)7-8)14-11(4)12(14)5/h6-7,11-12H,1-5H3/t11-,12+,14?. The molecule has 1 unspecified atom stereocenters. The summed E-state index contributed by atoms with van der Waals surface area (Å²) < 4.78 is 0. The van der Waals surface area contributed by atoms with E-state index in [4.69, 9.17) is 0 Å². The zero-order chi connectivity index (χ0) is 10.5. The Morgan fingerprint density at radius 1 is 0.929 bits per heavy atom. The third kappa shape index (κ3) is 1.50. The fourth-order valence-corrected chi connectivity index (χ4v) is 5.46. The highest BCUT2D eigenvalue weighted by atomic mass is 31.1. The average Bonchev–Trinajstić information content (AvgIpc) is 2.60. The Kier molecular flexibility index (Phi) is 2.43. The summed E-state index contributed by atoms with van der Waals surface area (Å²) in [5.41, 5.74) is 6.34. The quantitative estimate of drug-likeness (QED) is 0.617. The van der Waals surface area contributed by atoms with Crippen LogP contribution in [0.3, 0.4) is 0 Å². The zero-order valence-electron chi connectivity index (χ0n) is 9.76. The van der Waals surface area contributed by atoms with Crippen molar-refractivity contribution in [3.8, 4) is 0 Å². The van der Waals surface area contributed by atoms with Gasteiger partial charge in [-0.15, -0.1) is 0 Å². The predicted molar refractivity (Wildman–Crippen MR) is 66.1 cm³/mol. The van der Waals surface area contributed by atoms with Gasteiger partial charge in [0, 0.05) is 0 Å². The van der Waals surface area contributed by atoms with Crippen LogP contribution in [0.1, 0.15) is 30.5 Å². The van der Waals surface area contributed by atoms with Gasteiger partial charge in [0.05, 0.1) is 0 Å². The molecule has 14 heavy (non-hydrogen) atoms. The summed E-state index contributed by atoms with van der Waals surface area (Å²) >= 11 is 0. The number of hydrogen-bond donors (Lipinski definition) is 0. The Labute approximate surface area is 88.5 Å². The largest absolute Gasteiger partial charge is 0.0677 e. The molecule has 2 rings (SSSR count). The molecule has 0 saturated carbocycles. The maximum Gasteiger partial charge on any atom is -0.0126 e. The molecule has 1 aromatic carbocycles. The van der Waals surface area contributed by atoms with Gasteiger partial charge in [0.15, 0.2) is 0 Å². The van der Waals surface area contributed by atoms with E-state index in [1.54, 1.807) is 5.30 Å². The molecule has 3 atom stereocenters. The van der Waals surface area contributed by atoms with Crippen LogP contribution in [0.4, 0.5) is 0 Å². The van der Waals surface area contributed by atoms with E-state index in [-0.39, 0.29) is 7.92 Å². The summed E-state index contributed by atoms with van der Waals surface area (Å²) in [6.45, 7) is 11.5. The van der Waals surface area contributed by atoms with E-state index in [9.17, 15) is 0 Å². The summed E-state index contributed by atoms with van der Waals surface area (Å²) in [5.74, 6) is 0. The van der Waals surface area contributed by atoms with Crippen molar-refractivity contribution in [1.82, 2.24) is 0 Å². The van der Waals surface area contributed by atoms with E-state index in [0.29, 0.717) is 0 Å². The molecule has 1 aliphatic heterocycles. The maximum absolute atomic E-state index is 2.40. The molecule has 0 aromatic heterocycles. The van der Waals surface area contributed by atoms with Crippen molar-refractivity contribution in [3.63, 3.8) is 0 Å². The number of rotatable bonds is 1. The van der Waals surface area contributed by atoms with Gasteiger partial charge in [0.1, 0.15) is 0 Å². The van der Waals surface area contributed by atoms with Crippen molar-refractivity contribution in [1.29, 1.82) is 0 Å². The van der Waals surface area contributed by atoms with Gasteiger partial charge in [-0.25, -0.2) is 0 Å². The molecule has 0 N–H and O–H groups in total. The van der Waals surface area contributed by atoms with Gasteiger partial charge in [-0.1, -0.05) is 39.5 Å². The third-order valence-corrected chi connectivity index (χ3v) is 6.91. The van der Waals surface area contributed by atoms with Crippen LogP contribution in [0.5, 0.6) is 0 Å². The highest BCUT2D eigenvalue weighted by molar-refractivity contribution is 7.74. The van der Waals surface area contributed by atoms with Crippen molar-refractivity contribution in [3.05, 3.63) is 28.8 Å². The molecule has 1 heterocycles. The molecule has 1 aliphatic rings. The van der Waals surface area contributed by atoms with E-state index in [0.717, 1.165) is 11.3 Å². The van der Waals surface area contributed by atoms with Gasteiger partial charge >= 0.3 is 0 Å². The molecule has 1 heteroatoms. The highest BCUT2D eigenvalue weighted by Gasteiger charge is 2.44. The Hall–Kier alpha value is -0.350. The first kappa shape index (κ1) is 10.2. The molecule has 1 aromatic rings. The number of hydrogen-bond acceptors (Lipinski definition) is 0. The summed E-state index contributed by atoms with van der Waals surface area (Å²) in [6.07, 6.45) is 0. The second-order valence-corrected chi connectivity index (χ2v) is 7.53. The van der Waals surface area contributed by atoms with Crippen LogP contribution in [-0.4, -0.2) is 11.3 Å². The molecule has 0 nitrogen and oxygen atoms in total. The Bertz CT molecular complexity index is 336. The fraction of sp³-hybridized carbons (Fsp3) is 0.538. The minimum atomic E-state index is 0.178. The topological polar surface area (TPSA) is 0 Å². The zero-order valence-corrected chi connectivity index (χ0v) is 10.7. The van der Waals surface area contributed by atoms with Gasteiger partial charge in [-0.2, -0.15) is 0 Å². The second kappa shape index (κ2) is 3.35. The lowest BCUT2D eigenvalue weighted by Crippen LogP contribution is -2.06. The summed E-state index contributed by atoms with van der Waals surface area (Å²) in [5, 5.41) is 1.69. The second-order valence-electron chi connectivity index (χ2n) is 4.64. The van der Waals surface area contributed by atoms with Crippen LogP contribution >= 0.6 is 7.92 Å². The van der Waals surface area contributed by atoms with Crippen molar-refractivity contribution < 1.29 is 0 Å². The van der Waals surface area contributed by atoms with Crippen LogP contribution in [0.2, 0.25) is 0 Å². The lowest BCUT2D eigenvalue weighted by molar-refractivity contribution is 1.05. The predicted octanol–water partition coefficient (Wildman–Crippen LogP) is 3.51. The van der Waals surface area contributed by atoms with E-state index in [2.05, 4.69) is 46.8 Å². The van der Waals surface area contributed by atoms with E-state index < -0.39 is 0 Å². The number of benzene rings is 1. The van der Waals surface area contributed by atoms with Crippen LogP contribution in [0.25, 0.3) is 0 Å². The van der Waals surface area contributed by atoms with E-state index in [1.807, 2.05) is 0 Å². The third-order valence-electron chi connectivity index (χ3n) is 3.38. The molecular weight excluding hydrogens is 187 g/mol. The van der Waals surface area contributed by atoms with Crippen molar-refractivity contribution >= 4 is 13.2 Å². The highest BCUT2D eigenvalue weighted by Crippen LogP contribution is 2.65. The molecule has 0 amide bonds. The molecule has 0 radical (unpaired) electrons. The lowest BCUT2D eigenvalue weighted by Gasteiger charge is -2.10. The Balaban J connectivity index is 2.44. The van der Waals surface area contributed by atoms with Gasteiger partial charge in [0.25, 0.3) is 0 Å². The Morgan fingerprint density at radius 3 is 1.71 bits per heavy atom. The first-order valence-corrected chi connectivity index (χ1v) is 6.86. The van der Waals surface area contributed by atoms with Gasteiger partial charge in [-0.3, -0.25) is 0 Å². The molecule has 0 bridgehead atoms. The Morgan fingerprint density at radius 2 is 1.36 bits per heavy atom. The first-order chi connectivity index (χ1) is 6.52. The van der Waals surface area contributed by atoms with Crippen molar-refractivity contribution in [2.75, 3.05) is 0 Å². The van der Waals surface area contributed by atoms with Gasteiger partial charge in [-0.05, 0) is 48.5 Å². The summed E-state index contributed by atoms with van der Waals surface area (Å²) in [6, 6.07) is 4.67. The normalized spacial score (nSPS) is 30.5. The van der Waals surface area contributed by atoms with E-state index in [1.165, 1.54) is 16.7 Å². The fourth-order valence-electron chi connectivity index (χ4n) is 2.49. The lowest BCUT2D eigenvalue weighted by atomic mass is 10.1. The minimum Gasteiger partial charge on any atom is -0.0677 e. The minimum absolute atomic E-state index is 0.178. The monoisotopic (exact) mass is 206 g/mol. The SMILES string of the molecule is Cc1cc(C)c(P2[C@H](C)[C@@H]2C)c(C)c1. The van der Waals surface area contributed by atoms with Crippen molar-refractivity contribution in [2.24, 2.45) is 0 Å². The first-order valence-electron chi connectivity index (χ1n) is 5.38. The van der Waals surface area contributed by atoms with Crippen LogP contribution in [-0.2, 0) is 0 Å².